The lowest BCUT2D eigenvalue weighted by atomic mass is 10.1. The summed E-state index contributed by atoms with van der Waals surface area (Å²) < 4.78 is 40.8. The van der Waals surface area contributed by atoms with E-state index >= 15 is 0 Å². The zero-order valence-electron chi connectivity index (χ0n) is 13.1. The molecular weight excluding hydrogens is 357 g/mol. The zero-order chi connectivity index (χ0) is 19.3. The van der Waals surface area contributed by atoms with E-state index in [-0.39, 0.29) is 17.9 Å². The average molecular weight is 370 g/mol. The van der Waals surface area contributed by atoms with Crippen molar-refractivity contribution >= 4 is 11.6 Å². The van der Waals surface area contributed by atoms with Crippen LogP contribution in [0, 0.1) is 10.1 Å². The summed E-state index contributed by atoms with van der Waals surface area (Å²) in [5, 5.41) is 22.7. The Kier molecular flexibility index (Phi) is 5.65. The van der Waals surface area contributed by atoms with Crippen molar-refractivity contribution in [1.29, 1.82) is 0 Å². The molecule has 1 amide bonds. The van der Waals surface area contributed by atoms with E-state index in [9.17, 15) is 33.2 Å². The third-order valence-electron chi connectivity index (χ3n) is 3.21. The average Bonchev–Trinajstić information content (AvgIpc) is 2.57. The maximum atomic E-state index is 12.1. The molecule has 10 heteroatoms. The predicted octanol–water partition coefficient (Wildman–Crippen LogP) is 3.17. The standard InChI is InChI=1S/C16H13F3N2O5/c17-16(18,19)9-26-12-4-1-10(2-5-12)8-20-15(23)11-3-6-13(21(24)25)14(22)7-11/h1-7,22H,8-9H2,(H,20,23). The summed E-state index contributed by atoms with van der Waals surface area (Å²) in [6.07, 6.45) is -4.43. The minimum Gasteiger partial charge on any atom is -0.502 e. The van der Waals surface area contributed by atoms with Crippen molar-refractivity contribution in [2.45, 2.75) is 12.7 Å². The number of benzene rings is 2. The van der Waals surface area contributed by atoms with Crippen LogP contribution in [0.2, 0.25) is 0 Å². The second-order valence-electron chi connectivity index (χ2n) is 5.19. The molecule has 2 aromatic carbocycles. The normalized spacial score (nSPS) is 11.0. The Hall–Kier alpha value is -3.30. The fraction of sp³-hybridized carbons (Fsp3) is 0.188. The highest BCUT2D eigenvalue weighted by Gasteiger charge is 2.28. The third kappa shape index (κ3) is 5.36. The molecule has 0 radical (unpaired) electrons. The number of alkyl halides is 3. The third-order valence-corrected chi connectivity index (χ3v) is 3.21. The molecule has 0 aromatic heterocycles. The van der Waals surface area contributed by atoms with Crippen LogP contribution in [0.3, 0.4) is 0 Å². The lowest BCUT2D eigenvalue weighted by Crippen LogP contribution is -2.22. The van der Waals surface area contributed by atoms with E-state index in [1.165, 1.54) is 30.3 Å². The number of ether oxygens (including phenoxy) is 1. The predicted molar refractivity (Wildman–Crippen MR) is 83.9 cm³/mol. The quantitative estimate of drug-likeness (QED) is 0.601. The summed E-state index contributed by atoms with van der Waals surface area (Å²) in [5.41, 5.74) is 0.109. The minimum atomic E-state index is -4.43. The molecule has 26 heavy (non-hydrogen) atoms. The number of hydrogen-bond donors (Lipinski definition) is 2. The van der Waals surface area contributed by atoms with Crippen LogP contribution in [0.15, 0.2) is 42.5 Å². The molecule has 2 aromatic rings. The van der Waals surface area contributed by atoms with Gasteiger partial charge in [-0.3, -0.25) is 14.9 Å². The van der Waals surface area contributed by atoms with Crippen molar-refractivity contribution < 1.29 is 32.7 Å². The summed E-state index contributed by atoms with van der Waals surface area (Å²) in [6.45, 7) is -1.33. The number of nitrogens with zero attached hydrogens (tertiary/aromatic N) is 1. The summed E-state index contributed by atoms with van der Waals surface area (Å²) in [5.74, 6) is -1.17. The second-order valence-corrected chi connectivity index (χ2v) is 5.19. The number of phenolic OH excluding ortho intramolecular Hbond substituents is 1. The summed E-state index contributed by atoms with van der Waals surface area (Å²) in [6, 6.07) is 8.83. The van der Waals surface area contributed by atoms with Crippen LogP contribution in [0.5, 0.6) is 11.5 Å². The maximum Gasteiger partial charge on any atom is 0.422 e. The number of aromatic hydroxyl groups is 1. The number of carbonyl (C=O) groups excluding carboxylic acids is 1. The Bertz CT molecular complexity index is 807. The monoisotopic (exact) mass is 370 g/mol. The molecule has 0 heterocycles. The van der Waals surface area contributed by atoms with Crippen molar-refractivity contribution in [1.82, 2.24) is 5.32 Å². The van der Waals surface area contributed by atoms with E-state index in [0.29, 0.717) is 5.56 Å². The number of nitro benzene ring substituents is 1. The van der Waals surface area contributed by atoms with Gasteiger partial charge in [-0.15, -0.1) is 0 Å². The summed E-state index contributed by atoms with van der Waals surface area (Å²) >= 11 is 0. The molecule has 0 aliphatic carbocycles. The van der Waals surface area contributed by atoms with Gasteiger partial charge in [0.15, 0.2) is 12.4 Å². The Morgan fingerprint density at radius 2 is 1.85 bits per heavy atom. The van der Waals surface area contributed by atoms with Gasteiger partial charge in [-0.1, -0.05) is 12.1 Å². The van der Waals surface area contributed by atoms with Crippen LogP contribution in [-0.2, 0) is 6.54 Å². The molecule has 0 unspecified atom stereocenters. The number of hydrogen-bond acceptors (Lipinski definition) is 5. The van der Waals surface area contributed by atoms with Crippen LogP contribution in [-0.4, -0.2) is 28.7 Å². The Labute approximate surface area is 145 Å². The van der Waals surface area contributed by atoms with E-state index in [4.69, 9.17) is 0 Å². The molecule has 7 nitrogen and oxygen atoms in total. The molecule has 0 aliphatic heterocycles. The van der Waals surface area contributed by atoms with Crippen LogP contribution in [0.25, 0.3) is 0 Å². The topological polar surface area (TPSA) is 102 Å². The molecule has 2 N–H and O–H groups in total. The summed E-state index contributed by atoms with van der Waals surface area (Å²) in [7, 11) is 0. The van der Waals surface area contributed by atoms with Gasteiger partial charge in [0, 0.05) is 18.2 Å². The van der Waals surface area contributed by atoms with Gasteiger partial charge in [-0.2, -0.15) is 13.2 Å². The van der Waals surface area contributed by atoms with Gasteiger partial charge in [0.25, 0.3) is 5.91 Å². The van der Waals surface area contributed by atoms with E-state index in [2.05, 4.69) is 10.1 Å². The number of rotatable bonds is 6. The molecular formula is C16H13F3N2O5. The number of nitrogens with one attached hydrogen (secondary N) is 1. The van der Waals surface area contributed by atoms with E-state index in [1.54, 1.807) is 0 Å². The first kappa shape index (κ1) is 19.0. The number of phenols is 1. The Balaban J connectivity index is 1.93. The van der Waals surface area contributed by atoms with Crippen molar-refractivity contribution in [2.24, 2.45) is 0 Å². The van der Waals surface area contributed by atoms with Gasteiger partial charge in [-0.25, -0.2) is 0 Å². The highest BCUT2D eigenvalue weighted by molar-refractivity contribution is 5.95. The first-order chi connectivity index (χ1) is 12.2. The van der Waals surface area contributed by atoms with Crippen molar-refractivity contribution in [2.75, 3.05) is 6.61 Å². The van der Waals surface area contributed by atoms with Gasteiger partial charge < -0.3 is 15.2 Å². The Morgan fingerprint density at radius 3 is 2.38 bits per heavy atom. The van der Waals surface area contributed by atoms with Gasteiger partial charge in [0.1, 0.15) is 5.75 Å². The largest absolute Gasteiger partial charge is 0.502 e. The molecule has 0 aliphatic rings. The number of nitro groups is 1. The second kappa shape index (κ2) is 7.72. The fourth-order valence-electron chi connectivity index (χ4n) is 1.97. The van der Waals surface area contributed by atoms with Crippen LogP contribution >= 0.6 is 0 Å². The van der Waals surface area contributed by atoms with Gasteiger partial charge in [-0.05, 0) is 29.8 Å². The number of carbonyl (C=O) groups is 1. The van der Waals surface area contributed by atoms with Gasteiger partial charge in [0.05, 0.1) is 4.92 Å². The van der Waals surface area contributed by atoms with Gasteiger partial charge >= 0.3 is 11.9 Å². The summed E-state index contributed by atoms with van der Waals surface area (Å²) in [4.78, 5) is 21.8. The van der Waals surface area contributed by atoms with Crippen LogP contribution in [0.1, 0.15) is 15.9 Å². The molecule has 2 rings (SSSR count). The molecule has 0 saturated carbocycles. The van der Waals surface area contributed by atoms with E-state index in [1.807, 2.05) is 0 Å². The lowest BCUT2D eigenvalue weighted by Gasteiger charge is -2.10. The molecule has 0 saturated heterocycles. The highest BCUT2D eigenvalue weighted by atomic mass is 19.4. The number of amides is 1. The fourth-order valence-corrected chi connectivity index (χ4v) is 1.97. The van der Waals surface area contributed by atoms with Crippen molar-refractivity contribution in [3.05, 3.63) is 63.7 Å². The number of halogens is 3. The van der Waals surface area contributed by atoms with Crippen molar-refractivity contribution in [3.8, 4) is 11.5 Å². The molecule has 0 bridgehead atoms. The first-order valence-electron chi connectivity index (χ1n) is 7.20. The minimum absolute atomic E-state index is 0.0261. The zero-order valence-corrected chi connectivity index (χ0v) is 13.1. The van der Waals surface area contributed by atoms with Crippen molar-refractivity contribution in [3.63, 3.8) is 0 Å². The molecule has 138 valence electrons. The van der Waals surface area contributed by atoms with Crippen LogP contribution in [0.4, 0.5) is 18.9 Å². The highest BCUT2D eigenvalue weighted by Crippen LogP contribution is 2.26. The smallest absolute Gasteiger partial charge is 0.422 e. The van der Waals surface area contributed by atoms with Gasteiger partial charge in [0.2, 0.25) is 0 Å². The van der Waals surface area contributed by atoms with E-state index < -0.39 is 35.1 Å². The molecule has 0 fully saturated rings. The van der Waals surface area contributed by atoms with E-state index in [0.717, 1.165) is 12.1 Å². The molecule has 0 spiro atoms. The Morgan fingerprint density at radius 1 is 1.19 bits per heavy atom. The maximum absolute atomic E-state index is 12.1. The first-order valence-corrected chi connectivity index (χ1v) is 7.20. The van der Waals surface area contributed by atoms with Crippen LogP contribution < -0.4 is 10.1 Å². The molecule has 0 atom stereocenters. The SMILES string of the molecule is O=C(NCc1ccc(OCC(F)(F)F)cc1)c1ccc([N+](=O)[O-])c(O)c1. The lowest BCUT2D eigenvalue weighted by molar-refractivity contribution is -0.385.